The van der Waals surface area contributed by atoms with Crippen molar-refractivity contribution < 1.29 is 8.42 Å². The average Bonchev–Trinajstić information content (AvgIpc) is 3.20. The van der Waals surface area contributed by atoms with Crippen LogP contribution < -0.4 is 4.72 Å². The SMILES string of the molecule is CC(CNS(=O)(=O)c1ccc(C#N)c(Cl)c1)C1CC1. The van der Waals surface area contributed by atoms with E-state index < -0.39 is 10.0 Å². The molecule has 0 saturated heterocycles. The summed E-state index contributed by atoms with van der Waals surface area (Å²) in [6, 6.07) is 6.03. The molecule has 1 aromatic rings. The first-order valence-electron chi connectivity index (χ1n) is 6.13. The highest BCUT2D eigenvalue weighted by molar-refractivity contribution is 7.89. The lowest BCUT2D eigenvalue weighted by atomic mass is 10.1. The molecule has 0 bridgehead atoms. The Kier molecular flexibility index (Phi) is 4.14. The van der Waals surface area contributed by atoms with Crippen molar-refractivity contribution in [3.05, 3.63) is 28.8 Å². The summed E-state index contributed by atoms with van der Waals surface area (Å²) in [6.07, 6.45) is 2.37. The van der Waals surface area contributed by atoms with Crippen LogP contribution in [0.1, 0.15) is 25.3 Å². The van der Waals surface area contributed by atoms with Gasteiger partial charge in [0.05, 0.1) is 15.5 Å². The first-order valence-corrected chi connectivity index (χ1v) is 7.99. The van der Waals surface area contributed by atoms with Crippen LogP contribution in [0.5, 0.6) is 0 Å². The summed E-state index contributed by atoms with van der Waals surface area (Å²) in [6.45, 7) is 2.48. The highest BCUT2D eigenvalue weighted by Crippen LogP contribution is 2.36. The van der Waals surface area contributed by atoms with Gasteiger partial charge in [0.2, 0.25) is 10.0 Å². The van der Waals surface area contributed by atoms with Gasteiger partial charge in [-0.1, -0.05) is 18.5 Å². The van der Waals surface area contributed by atoms with Crippen molar-refractivity contribution in [1.82, 2.24) is 4.72 Å². The maximum absolute atomic E-state index is 12.1. The first kappa shape index (κ1) is 14.3. The molecule has 1 aliphatic rings. The molecule has 0 heterocycles. The molecule has 1 aliphatic carbocycles. The van der Waals surface area contributed by atoms with Gasteiger partial charge in [0.25, 0.3) is 0 Å². The summed E-state index contributed by atoms with van der Waals surface area (Å²) in [5.74, 6) is 0.996. The van der Waals surface area contributed by atoms with Gasteiger partial charge in [0, 0.05) is 6.54 Å². The Morgan fingerprint density at radius 3 is 2.74 bits per heavy atom. The third-order valence-electron chi connectivity index (χ3n) is 3.39. The molecule has 1 unspecified atom stereocenters. The second-order valence-electron chi connectivity index (χ2n) is 4.92. The topological polar surface area (TPSA) is 70.0 Å². The van der Waals surface area contributed by atoms with Crippen LogP contribution in [0.2, 0.25) is 5.02 Å². The minimum atomic E-state index is -3.55. The fourth-order valence-electron chi connectivity index (χ4n) is 1.91. The molecule has 1 atom stereocenters. The number of benzene rings is 1. The second kappa shape index (κ2) is 5.49. The van der Waals surface area contributed by atoms with E-state index in [1.165, 1.54) is 31.0 Å². The van der Waals surface area contributed by atoms with E-state index in [-0.39, 0.29) is 15.5 Å². The fraction of sp³-hybridized carbons (Fsp3) is 0.462. The maximum atomic E-state index is 12.1. The molecule has 4 nitrogen and oxygen atoms in total. The zero-order valence-electron chi connectivity index (χ0n) is 10.6. The number of hydrogen-bond acceptors (Lipinski definition) is 3. The molecule has 0 spiro atoms. The molecule has 19 heavy (non-hydrogen) atoms. The van der Waals surface area contributed by atoms with Gasteiger partial charge in [-0.25, -0.2) is 13.1 Å². The van der Waals surface area contributed by atoms with E-state index in [2.05, 4.69) is 4.72 Å². The second-order valence-corrected chi connectivity index (χ2v) is 7.09. The van der Waals surface area contributed by atoms with Gasteiger partial charge in [-0.2, -0.15) is 5.26 Å². The first-order chi connectivity index (χ1) is 8.94. The third kappa shape index (κ3) is 3.47. The molecule has 6 heteroatoms. The van der Waals surface area contributed by atoms with Crippen LogP contribution in [-0.2, 0) is 10.0 Å². The van der Waals surface area contributed by atoms with Crippen molar-refractivity contribution in [2.45, 2.75) is 24.7 Å². The van der Waals surface area contributed by atoms with Crippen molar-refractivity contribution in [3.8, 4) is 6.07 Å². The third-order valence-corrected chi connectivity index (χ3v) is 5.13. The summed E-state index contributed by atoms with van der Waals surface area (Å²) in [5, 5.41) is 8.91. The molecule has 2 rings (SSSR count). The van der Waals surface area contributed by atoms with Gasteiger partial charge in [-0.15, -0.1) is 0 Å². The van der Waals surface area contributed by atoms with Gasteiger partial charge >= 0.3 is 0 Å². The Balaban J connectivity index is 2.10. The summed E-state index contributed by atoms with van der Waals surface area (Å²) in [5.41, 5.74) is 0.270. The molecule has 0 aromatic heterocycles. The van der Waals surface area contributed by atoms with Gasteiger partial charge < -0.3 is 0 Å². The summed E-state index contributed by atoms with van der Waals surface area (Å²) in [7, 11) is -3.55. The predicted molar refractivity (Wildman–Crippen MR) is 73.2 cm³/mol. The standard InChI is InChI=1S/C13H15ClN2O2S/c1-9(10-2-3-10)8-16-19(17,18)12-5-4-11(7-15)13(14)6-12/h4-6,9-10,16H,2-3,8H2,1H3. The van der Waals surface area contributed by atoms with Gasteiger partial charge in [0.15, 0.2) is 0 Å². The summed E-state index contributed by atoms with van der Waals surface area (Å²) < 4.78 is 26.7. The number of nitrogens with zero attached hydrogens (tertiary/aromatic N) is 1. The van der Waals surface area contributed by atoms with E-state index in [0.29, 0.717) is 18.4 Å². The number of nitrogens with one attached hydrogen (secondary N) is 1. The monoisotopic (exact) mass is 298 g/mol. The fourth-order valence-corrected chi connectivity index (χ4v) is 3.37. The smallest absolute Gasteiger partial charge is 0.211 e. The van der Waals surface area contributed by atoms with Crippen molar-refractivity contribution in [2.24, 2.45) is 11.8 Å². The molecule has 0 radical (unpaired) electrons. The maximum Gasteiger partial charge on any atom is 0.240 e. The molecule has 0 amide bonds. The van der Waals surface area contributed by atoms with E-state index >= 15 is 0 Å². The zero-order chi connectivity index (χ0) is 14.0. The minimum Gasteiger partial charge on any atom is -0.211 e. The molecule has 1 N–H and O–H groups in total. The van der Waals surface area contributed by atoms with E-state index in [9.17, 15) is 8.42 Å². The van der Waals surface area contributed by atoms with E-state index in [0.717, 1.165) is 0 Å². The largest absolute Gasteiger partial charge is 0.240 e. The number of nitriles is 1. The van der Waals surface area contributed by atoms with Crippen LogP contribution in [0, 0.1) is 23.2 Å². The summed E-state index contributed by atoms with van der Waals surface area (Å²) in [4.78, 5) is 0.0968. The van der Waals surface area contributed by atoms with E-state index in [1.54, 1.807) is 0 Å². The molecule has 1 saturated carbocycles. The van der Waals surface area contributed by atoms with Crippen LogP contribution in [0.15, 0.2) is 23.1 Å². The predicted octanol–water partition coefficient (Wildman–Crippen LogP) is 2.54. The number of hydrogen-bond donors (Lipinski definition) is 1. The van der Waals surface area contributed by atoms with Gasteiger partial charge in [0.1, 0.15) is 6.07 Å². The van der Waals surface area contributed by atoms with Crippen molar-refractivity contribution >= 4 is 21.6 Å². The molecular formula is C13H15ClN2O2S. The van der Waals surface area contributed by atoms with Crippen molar-refractivity contribution in [1.29, 1.82) is 5.26 Å². The highest BCUT2D eigenvalue weighted by Gasteiger charge is 2.28. The zero-order valence-corrected chi connectivity index (χ0v) is 12.1. The van der Waals surface area contributed by atoms with Crippen LogP contribution in [-0.4, -0.2) is 15.0 Å². The van der Waals surface area contributed by atoms with E-state index in [1.807, 2.05) is 13.0 Å². The Morgan fingerprint density at radius 1 is 1.53 bits per heavy atom. The Hall–Kier alpha value is -1.09. The molecular weight excluding hydrogens is 284 g/mol. The number of rotatable bonds is 5. The van der Waals surface area contributed by atoms with Crippen LogP contribution >= 0.6 is 11.6 Å². The lowest BCUT2D eigenvalue weighted by Gasteiger charge is -2.12. The Bertz CT molecular complexity index is 618. The van der Waals surface area contributed by atoms with Crippen molar-refractivity contribution in [2.75, 3.05) is 6.54 Å². The lowest BCUT2D eigenvalue weighted by molar-refractivity contribution is 0.492. The minimum absolute atomic E-state index is 0.0968. The number of sulfonamides is 1. The Labute approximate surface area is 118 Å². The van der Waals surface area contributed by atoms with Crippen LogP contribution in [0.4, 0.5) is 0 Å². The number of halogens is 1. The van der Waals surface area contributed by atoms with Crippen LogP contribution in [0.25, 0.3) is 0 Å². The molecule has 0 aliphatic heterocycles. The van der Waals surface area contributed by atoms with Gasteiger partial charge in [-0.05, 0) is 42.9 Å². The van der Waals surface area contributed by atoms with Gasteiger partial charge in [-0.3, -0.25) is 0 Å². The molecule has 1 fully saturated rings. The quantitative estimate of drug-likeness (QED) is 0.908. The molecule has 1 aromatic carbocycles. The van der Waals surface area contributed by atoms with Crippen molar-refractivity contribution in [3.63, 3.8) is 0 Å². The summed E-state index contributed by atoms with van der Waals surface area (Å²) >= 11 is 5.84. The lowest BCUT2D eigenvalue weighted by Crippen LogP contribution is -2.29. The molecule has 102 valence electrons. The van der Waals surface area contributed by atoms with E-state index in [4.69, 9.17) is 16.9 Å². The van der Waals surface area contributed by atoms with Crippen LogP contribution in [0.3, 0.4) is 0 Å². The highest BCUT2D eigenvalue weighted by atomic mass is 35.5. The normalized spacial score (nSPS) is 16.9. The Morgan fingerprint density at radius 2 is 2.21 bits per heavy atom. The average molecular weight is 299 g/mol.